The third kappa shape index (κ3) is 16.6. The first-order valence-electron chi connectivity index (χ1n) is 23.4. The summed E-state index contributed by atoms with van der Waals surface area (Å²) in [6, 6.07) is 14.2. The normalized spacial score (nSPS) is 15.1. The van der Waals surface area contributed by atoms with E-state index in [9.17, 15) is 66.0 Å². The van der Waals surface area contributed by atoms with Gasteiger partial charge in [0, 0.05) is 102 Å². The molecule has 0 unspecified atom stereocenters. The van der Waals surface area contributed by atoms with E-state index < -0.39 is 74.9 Å². The fourth-order valence-electron chi connectivity index (χ4n) is 7.99. The number of H-pyrrole nitrogens is 1. The largest absolute Gasteiger partial charge is 0.480 e. The lowest BCUT2D eigenvalue weighted by atomic mass is 10.1. The van der Waals surface area contributed by atoms with Crippen LogP contribution in [0.1, 0.15) is 16.1 Å². The molecule has 1 aliphatic heterocycles. The molecule has 10 N–H and O–H groups in total. The minimum atomic E-state index is -4.42. The highest BCUT2D eigenvalue weighted by Gasteiger charge is 2.27. The van der Waals surface area contributed by atoms with Crippen molar-refractivity contribution in [3.8, 4) is 11.1 Å². The van der Waals surface area contributed by atoms with Gasteiger partial charge in [-0.25, -0.2) is 26.5 Å². The number of hydrogen-bond donors (Lipinski definition) is 10. The molecule has 27 nitrogen and oxygen atoms in total. The third-order valence-corrected chi connectivity index (χ3v) is 15.0. The standard InChI is InChI=1S/C46H59N13O14S2/c1-55-39-24-33(6-11-36(39)37(53-55)25-51-46-48-12-13-49-46)44(67)50-26-38(45(68)69)54-75(72,73)35-9-4-32(5-10-35)31-2-7-34(8-3-31)74(70,71)52-15-14-47-40(61)27-56-16-17-57(28-42(63)64)18-19-58(29-43(65)66)21-23-59(22-20-56)41(62)30-60/h2-13,24,38,52,54,60H,14-23,25-30H2,1H3,(H,47,61)(H,50,67)(H,63,64)(H,65,66)(H,68,69)(H2,48,49,51)/t38-/m0/s1. The van der Waals surface area contributed by atoms with Crippen LogP contribution in [-0.4, -0.2) is 217 Å². The van der Waals surface area contributed by atoms with Gasteiger partial charge >= 0.3 is 17.9 Å². The number of aliphatic hydroxyl groups is 1. The maximum atomic E-state index is 13.3. The van der Waals surface area contributed by atoms with Crippen LogP contribution in [0.4, 0.5) is 5.95 Å². The summed E-state index contributed by atoms with van der Waals surface area (Å²) in [5.41, 5.74) is 2.54. The highest BCUT2D eigenvalue weighted by atomic mass is 32.2. The number of imidazole rings is 1. The Balaban J connectivity index is 0.979. The van der Waals surface area contributed by atoms with Gasteiger partial charge in [0.15, 0.2) is 5.95 Å². The fraction of sp³-hybridized carbons (Fsp3) is 0.391. The van der Waals surface area contributed by atoms with Gasteiger partial charge < -0.3 is 46.3 Å². The molecule has 3 heterocycles. The van der Waals surface area contributed by atoms with Crippen LogP contribution in [0.25, 0.3) is 22.0 Å². The summed E-state index contributed by atoms with van der Waals surface area (Å²) in [4.78, 5) is 86.8. The average molecular weight is 1080 g/mol. The highest BCUT2D eigenvalue weighted by molar-refractivity contribution is 7.89. The molecular formula is C46H59N13O14S2. The molecule has 5 aromatic rings. The van der Waals surface area contributed by atoms with Gasteiger partial charge in [-0.05, 0) is 47.5 Å². The van der Waals surface area contributed by atoms with Crippen molar-refractivity contribution in [2.75, 3.05) is 104 Å². The topological polar surface area (TPSA) is 371 Å². The average Bonchev–Trinajstić information content (AvgIpc) is 4.02. The molecule has 0 bridgehead atoms. The Labute approximate surface area is 431 Å². The van der Waals surface area contributed by atoms with E-state index in [1.165, 1.54) is 53.4 Å². The number of nitrogens with zero attached hydrogens (tertiary/aromatic N) is 7. The van der Waals surface area contributed by atoms with Crippen molar-refractivity contribution in [2.24, 2.45) is 7.05 Å². The van der Waals surface area contributed by atoms with Crippen molar-refractivity contribution >= 4 is 72.5 Å². The number of rotatable bonds is 23. The Morgan fingerprint density at radius 3 is 1.80 bits per heavy atom. The van der Waals surface area contributed by atoms with Crippen LogP contribution in [0.2, 0.25) is 0 Å². The minimum Gasteiger partial charge on any atom is -0.480 e. The van der Waals surface area contributed by atoms with Crippen molar-refractivity contribution in [1.29, 1.82) is 0 Å². The number of anilines is 1. The quantitative estimate of drug-likeness (QED) is 0.0318. The van der Waals surface area contributed by atoms with Crippen LogP contribution in [0, 0.1) is 0 Å². The molecule has 1 atom stereocenters. The van der Waals surface area contributed by atoms with Crippen LogP contribution in [0.3, 0.4) is 0 Å². The second-order valence-corrected chi connectivity index (χ2v) is 20.7. The van der Waals surface area contributed by atoms with Crippen LogP contribution < -0.4 is 25.4 Å². The van der Waals surface area contributed by atoms with Crippen molar-refractivity contribution in [2.45, 2.75) is 22.4 Å². The molecule has 0 saturated carbocycles. The molecule has 75 heavy (non-hydrogen) atoms. The number of aromatic nitrogens is 4. The predicted molar refractivity (Wildman–Crippen MR) is 269 cm³/mol. The number of nitrogens with one attached hydrogen (secondary N) is 6. The molecule has 1 aliphatic rings. The number of aryl methyl sites for hydroxylation is 1. The minimum absolute atomic E-state index is 0.0805. The van der Waals surface area contributed by atoms with Crippen molar-refractivity contribution in [3.63, 3.8) is 0 Å². The summed E-state index contributed by atoms with van der Waals surface area (Å²) >= 11 is 0. The molecule has 29 heteroatoms. The zero-order valence-electron chi connectivity index (χ0n) is 40.7. The van der Waals surface area contributed by atoms with Crippen LogP contribution in [0.15, 0.2) is 88.9 Å². The zero-order valence-corrected chi connectivity index (χ0v) is 42.3. The first-order valence-corrected chi connectivity index (χ1v) is 26.4. The van der Waals surface area contributed by atoms with E-state index in [2.05, 4.69) is 40.5 Å². The number of carbonyl (C=O) groups excluding carboxylic acids is 3. The third-order valence-electron chi connectivity index (χ3n) is 12.0. The maximum absolute atomic E-state index is 13.3. The number of amides is 3. The molecule has 1 fully saturated rings. The number of hydrogen-bond acceptors (Lipinski definition) is 17. The lowest BCUT2D eigenvalue weighted by Gasteiger charge is -2.33. The Hall–Kier alpha value is -7.38. The molecule has 0 spiro atoms. The number of aromatic amines is 1. The van der Waals surface area contributed by atoms with Crippen molar-refractivity contribution in [3.05, 3.63) is 90.4 Å². The molecule has 3 aromatic carbocycles. The van der Waals surface area contributed by atoms with Gasteiger partial charge in [0.2, 0.25) is 31.9 Å². The summed E-state index contributed by atoms with van der Waals surface area (Å²) in [7, 11) is -6.78. The van der Waals surface area contributed by atoms with Gasteiger partial charge in [-0.15, -0.1) is 0 Å². The number of carboxylic acid groups (broad SMARTS) is 3. The molecule has 0 aliphatic carbocycles. The van der Waals surface area contributed by atoms with Gasteiger partial charge in [0.05, 0.1) is 47.2 Å². The van der Waals surface area contributed by atoms with E-state index in [0.29, 0.717) is 34.8 Å². The van der Waals surface area contributed by atoms with Gasteiger partial charge in [0.25, 0.3) is 5.91 Å². The lowest BCUT2D eigenvalue weighted by Crippen LogP contribution is -2.50. The smallest absolute Gasteiger partial charge is 0.323 e. The van der Waals surface area contributed by atoms with E-state index in [1.807, 2.05) is 0 Å². The summed E-state index contributed by atoms with van der Waals surface area (Å²) in [6.45, 7) is -0.913. The summed E-state index contributed by atoms with van der Waals surface area (Å²) in [5.74, 6) is -4.87. The van der Waals surface area contributed by atoms with Crippen LogP contribution in [0.5, 0.6) is 0 Å². The van der Waals surface area contributed by atoms with E-state index in [0.717, 1.165) is 5.39 Å². The molecular weight excluding hydrogens is 1020 g/mol. The van der Waals surface area contributed by atoms with Gasteiger partial charge in [-0.1, -0.05) is 30.3 Å². The van der Waals surface area contributed by atoms with Gasteiger partial charge in [0.1, 0.15) is 12.6 Å². The zero-order chi connectivity index (χ0) is 54.3. The number of aliphatic hydroxyl groups excluding tert-OH is 1. The van der Waals surface area contributed by atoms with Gasteiger partial charge in [-0.2, -0.15) is 9.82 Å². The first kappa shape index (κ1) is 56.9. The number of aliphatic carboxylic acids is 3. The highest BCUT2D eigenvalue weighted by Crippen LogP contribution is 2.24. The molecule has 3 amide bonds. The van der Waals surface area contributed by atoms with Gasteiger partial charge in [-0.3, -0.25) is 48.1 Å². The monoisotopic (exact) mass is 1080 g/mol. The number of carbonyl (C=O) groups is 6. The SMILES string of the molecule is Cn1nc(CNc2ncc[nH]2)c2ccc(C(=O)NC[C@H](NS(=O)(=O)c3ccc(-c4ccc(S(=O)(=O)NCCNC(=O)CN5CCN(CC(=O)O)CCN(CC(=O)O)CCN(C(=O)CO)CC5)cc4)cc3)C(=O)O)cc21. The number of benzene rings is 3. The predicted octanol–water partition coefficient (Wildman–Crippen LogP) is -1.96. The van der Waals surface area contributed by atoms with Crippen molar-refractivity contribution < 1.29 is 66.0 Å². The summed E-state index contributed by atoms with van der Waals surface area (Å²) in [5, 5.41) is 51.8. The Morgan fingerprint density at radius 2 is 1.27 bits per heavy atom. The maximum Gasteiger partial charge on any atom is 0.323 e. The number of carboxylic acids is 3. The summed E-state index contributed by atoms with van der Waals surface area (Å²) in [6.07, 6.45) is 3.27. The molecule has 404 valence electrons. The fourth-order valence-corrected chi connectivity index (χ4v) is 10.2. The van der Waals surface area contributed by atoms with E-state index in [4.69, 9.17) is 0 Å². The second kappa shape index (κ2) is 26.2. The van der Waals surface area contributed by atoms with Crippen LogP contribution in [-0.2, 0) is 57.6 Å². The molecule has 1 saturated heterocycles. The van der Waals surface area contributed by atoms with E-state index in [1.54, 1.807) is 57.0 Å². The van der Waals surface area contributed by atoms with Crippen molar-refractivity contribution in [1.82, 2.24) is 59.4 Å². The molecule has 2 aromatic heterocycles. The Kier molecular flexibility index (Phi) is 19.9. The molecule has 6 rings (SSSR count). The van der Waals surface area contributed by atoms with E-state index >= 15 is 0 Å². The van der Waals surface area contributed by atoms with E-state index in [-0.39, 0.29) is 100 Å². The molecule has 0 radical (unpaired) electrons. The Bertz CT molecular complexity index is 3030. The Morgan fingerprint density at radius 1 is 0.707 bits per heavy atom. The summed E-state index contributed by atoms with van der Waals surface area (Å²) < 4.78 is 59.1. The lowest BCUT2D eigenvalue weighted by molar-refractivity contribution is -0.140. The number of sulfonamides is 2. The van der Waals surface area contributed by atoms with Crippen LogP contribution >= 0.6 is 0 Å². The number of fused-ring (bicyclic) bond motifs is 1. The second-order valence-electron chi connectivity index (χ2n) is 17.3. The first-order chi connectivity index (χ1) is 35.7.